The van der Waals surface area contributed by atoms with Crippen molar-refractivity contribution >= 4 is 28.0 Å². The summed E-state index contributed by atoms with van der Waals surface area (Å²) in [4.78, 5) is 13.2. The third-order valence-corrected chi connectivity index (χ3v) is 4.49. The number of ether oxygens (including phenoxy) is 1. The van der Waals surface area contributed by atoms with Gasteiger partial charge in [-0.2, -0.15) is 13.2 Å². The van der Waals surface area contributed by atoms with Gasteiger partial charge in [0.2, 0.25) is 0 Å². The molecule has 1 aliphatic carbocycles. The van der Waals surface area contributed by atoms with Crippen molar-refractivity contribution in [3.63, 3.8) is 0 Å². The summed E-state index contributed by atoms with van der Waals surface area (Å²) in [6.45, 7) is 0.789. The lowest BCUT2D eigenvalue weighted by Gasteiger charge is -2.20. The zero-order valence-electron chi connectivity index (χ0n) is 11.8. The van der Waals surface area contributed by atoms with Gasteiger partial charge in [-0.1, -0.05) is 0 Å². The van der Waals surface area contributed by atoms with Crippen molar-refractivity contribution in [1.82, 2.24) is 0 Å². The second-order valence-electron chi connectivity index (χ2n) is 5.03. The average molecular weight is 322 g/mol. The number of hydrogen-bond acceptors (Lipinski definition) is 5. The van der Waals surface area contributed by atoms with Gasteiger partial charge in [-0.15, -0.1) is 11.3 Å². The molecule has 0 radical (unpaired) electrons. The van der Waals surface area contributed by atoms with Crippen LogP contribution in [0.5, 0.6) is 0 Å². The molecule has 2 rings (SSSR count). The predicted octanol–water partition coefficient (Wildman–Crippen LogP) is 3.38. The van der Waals surface area contributed by atoms with Crippen LogP contribution in [0.4, 0.5) is 23.9 Å². The molecule has 0 spiro atoms. The molecule has 0 aliphatic heterocycles. The Balaban J connectivity index is 2.35. The van der Waals surface area contributed by atoms with E-state index in [0.29, 0.717) is 10.6 Å². The summed E-state index contributed by atoms with van der Waals surface area (Å²) in [6, 6.07) is 0. The molecule has 8 heteroatoms. The van der Waals surface area contributed by atoms with Gasteiger partial charge in [-0.05, 0) is 25.7 Å². The van der Waals surface area contributed by atoms with Crippen LogP contribution in [-0.2, 0) is 4.74 Å². The van der Waals surface area contributed by atoms with E-state index in [1.807, 2.05) is 0 Å². The molecule has 118 valence electrons. The number of rotatable bonds is 5. The van der Waals surface area contributed by atoms with Crippen LogP contribution in [0.2, 0.25) is 0 Å². The largest absolute Gasteiger partial charge is 0.462 e. The molecular weight excluding hydrogens is 305 g/mol. The Kier molecular flexibility index (Phi) is 4.36. The van der Waals surface area contributed by atoms with Crippen LogP contribution in [0.3, 0.4) is 0 Å². The third-order valence-electron chi connectivity index (χ3n) is 3.17. The fourth-order valence-corrected chi connectivity index (χ4v) is 3.35. The Labute approximate surface area is 124 Å². The second kappa shape index (κ2) is 5.75. The van der Waals surface area contributed by atoms with Crippen molar-refractivity contribution in [2.45, 2.75) is 31.9 Å². The van der Waals surface area contributed by atoms with Crippen LogP contribution < -0.4 is 10.6 Å². The molecule has 0 bridgehead atoms. The average Bonchev–Trinajstić information content (AvgIpc) is 3.11. The van der Waals surface area contributed by atoms with Gasteiger partial charge < -0.3 is 15.4 Å². The molecule has 0 amide bonds. The normalized spacial score (nSPS) is 15.1. The first-order valence-electron chi connectivity index (χ1n) is 6.61. The Hall–Kier alpha value is -1.44. The van der Waals surface area contributed by atoms with Crippen molar-refractivity contribution in [1.29, 1.82) is 0 Å². The van der Waals surface area contributed by atoms with E-state index in [4.69, 9.17) is 10.5 Å². The van der Waals surface area contributed by atoms with Gasteiger partial charge in [0.25, 0.3) is 0 Å². The Morgan fingerprint density at radius 3 is 2.57 bits per heavy atom. The van der Waals surface area contributed by atoms with Crippen LogP contribution in [0.25, 0.3) is 0 Å². The number of alkyl halides is 3. The fourth-order valence-electron chi connectivity index (χ4n) is 2.18. The number of esters is 1. The van der Waals surface area contributed by atoms with E-state index in [9.17, 15) is 18.0 Å². The third kappa shape index (κ3) is 3.61. The first-order valence-corrected chi connectivity index (χ1v) is 7.43. The number of hydrogen-bond donors (Lipinski definition) is 1. The van der Waals surface area contributed by atoms with Crippen LogP contribution in [0, 0.1) is 0 Å². The lowest BCUT2D eigenvalue weighted by Crippen LogP contribution is -2.30. The topological polar surface area (TPSA) is 55.6 Å². The van der Waals surface area contributed by atoms with Crippen LogP contribution in [-0.4, -0.2) is 32.3 Å². The van der Waals surface area contributed by atoms with Crippen molar-refractivity contribution in [2.75, 3.05) is 30.8 Å². The number of nitrogens with zero attached hydrogens (tertiary/aromatic N) is 1. The Morgan fingerprint density at radius 2 is 2.10 bits per heavy atom. The van der Waals surface area contributed by atoms with Crippen molar-refractivity contribution < 1.29 is 22.7 Å². The van der Waals surface area contributed by atoms with Crippen LogP contribution in [0.1, 0.15) is 40.9 Å². The summed E-state index contributed by atoms with van der Waals surface area (Å²) >= 11 is 0.978. The van der Waals surface area contributed by atoms with Gasteiger partial charge in [0.15, 0.2) is 0 Å². The highest BCUT2D eigenvalue weighted by atomic mass is 32.1. The molecule has 1 heterocycles. The molecule has 0 saturated heterocycles. The number of anilines is 2. The lowest BCUT2D eigenvalue weighted by molar-refractivity contribution is -0.119. The smallest absolute Gasteiger partial charge is 0.405 e. The predicted molar refractivity (Wildman–Crippen MR) is 76.0 cm³/mol. The minimum absolute atomic E-state index is 0.148. The Bertz CT molecular complexity index is 538. The molecule has 0 aromatic carbocycles. The number of carbonyl (C=O) groups is 1. The monoisotopic (exact) mass is 322 g/mol. The molecule has 1 aromatic heterocycles. The van der Waals surface area contributed by atoms with E-state index in [1.54, 1.807) is 6.92 Å². The quantitative estimate of drug-likeness (QED) is 0.844. The zero-order chi connectivity index (χ0) is 15.8. The molecule has 0 atom stereocenters. The van der Waals surface area contributed by atoms with Gasteiger partial charge in [-0.25, -0.2) is 4.79 Å². The molecule has 4 nitrogen and oxygen atoms in total. The summed E-state index contributed by atoms with van der Waals surface area (Å²) in [6.07, 6.45) is -2.54. The molecule has 0 unspecified atom stereocenters. The highest BCUT2D eigenvalue weighted by molar-refractivity contribution is 7.18. The van der Waals surface area contributed by atoms with Gasteiger partial charge in [0, 0.05) is 12.6 Å². The van der Waals surface area contributed by atoms with Gasteiger partial charge in [-0.3, -0.25) is 0 Å². The molecule has 1 aliphatic rings. The number of thiophene rings is 1. The second-order valence-corrected chi connectivity index (χ2v) is 6.03. The highest BCUT2D eigenvalue weighted by Gasteiger charge is 2.37. The fraction of sp³-hybridized carbons (Fsp3) is 0.615. The molecule has 1 fully saturated rings. The summed E-state index contributed by atoms with van der Waals surface area (Å²) in [7, 11) is 1.36. The van der Waals surface area contributed by atoms with Crippen molar-refractivity contribution in [3.8, 4) is 0 Å². The van der Waals surface area contributed by atoms with E-state index in [-0.39, 0.29) is 23.1 Å². The van der Waals surface area contributed by atoms with E-state index in [0.717, 1.165) is 29.1 Å². The van der Waals surface area contributed by atoms with Crippen LogP contribution >= 0.6 is 11.3 Å². The van der Waals surface area contributed by atoms with Gasteiger partial charge >= 0.3 is 12.1 Å². The van der Waals surface area contributed by atoms with Crippen molar-refractivity contribution in [3.05, 3.63) is 10.4 Å². The molecule has 1 saturated carbocycles. The number of nitrogens with two attached hydrogens (primary N) is 1. The minimum Gasteiger partial charge on any atom is -0.462 e. The first kappa shape index (κ1) is 15.9. The Morgan fingerprint density at radius 1 is 1.48 bits per heavy atom. The summed E-state index contributed by atoms with van der Waals surface area (Å²) < 4.78 is 42.6. The summed E-state index contributed by atoms with van der Waals surface area (Å²) in [5.74, 6) is -0.427. The van der Waals surface area contributed by atoms with Gasteiger partial charge in [0.1, 0.15) is 11.4 Å². The van der Waals surface area contributed by atoms with E-state index < -0.39 is 18.7 Å². The maximum absolute atomic E-state index is 12.6. The molecule has 2 N–H and O–H groups in total. The number of nitrogen functional groups attached to an aromatic ring is 1. The standard InChI is InChI=1S/C13H17F3N2O2S/c1-3-20-12(19)10-9(17)8(7-4-5-7)11(21-10)18(2)6-13(14,15)16/h7H,3-6,17H2,1-2H3. The first-order chi connectivity index (χ1) is 9.74. The summed E-state index contributed by atoms with van der Waals surface area (Å²) in [5, 5.41) is 0.412. The van der Waals surface area contributed by atoms with E-state index in [2.05, 4.69) is 0 Å². The SMILES string of the molecule is CCOC(=O)c1sc(N(C)CC(F)(F)F)c(C2CC2)c1N. The van der Waals surface area contributed by atoms with Crippen molar-refractivity contribution in [2.24, 2.45) is 0 Å². The summed E-state index contributed by atoms with van der Waals surface area (Å²) in [5.41, 5.74) is 6.91. The highest BCUT2D eigenvalue weighted by Crippen LogP contribution is 2.52. The van der Waals surface area contributed by atoms with E-state index in [1.165, 1.54) is 7.05 Å². The molecule has 1 aromatic rings. The maximum Gasteiger partial charge on any atom is 0.405 e. The zero-order valence-corrected chi connectivity index (χ0v) is 12.6. The lowest BCUT2D eigenvalue weighted by atomic mass is 10.1. The maximum atomic E-state index is 12.6. The minimum atomic E-state index is -4.31. The number of halogens is 3. The van der Waals surface area contributed by atoms with E-state index >= 15 is 0 Å². The molecule has 21 heavy (non-hydrogen) atoms. The number of carbonyl (C=O) groups excluding carboxylic acids is 1. The van der Waals surface area contributed by atoms with Gasteiger partial charge in [0.05, 0.1) is 17.3 Å². The van der Waals surface area contributed by atoms with Crippen LogP contribution in [0.15, 0.2) is 0 Å². The molecular formula is C13H17F3N2O2S.